The van der Waals surface area contributed by atoms with Gasteiger partial charge in [-0.1, -0.05) is 42.1 Å². The minimum atomic E-state index is -3.73. The molecule has 0 saturated heterocycles. The number of hydrogen-bond acceptors (Lipinski definition) is 4. The highest BCUT2D eigenvalue weighted by atomic mass is 32.2. The molecule has 1 aliphatic heterocycles. The number of rotatable bonds is 4. The normalized spacial score (nSPS) is 20.0. The van der Waals surface area contributed by atoms with Gasteiger partial charge in [0.05, 0.1) is 4.91 Å². The first-order chi connectivity index (χ1) is 9.59. The van der Waals surface area contributed by atoms with E-state index in [0.717, 1.165) is 22.0 Å². The maximum absolute atomic E-state index is 12.0. The predicted molar refractivity (Wildman–Crippen MR) is 85.9 cm³/mol. The van der Waals surface area contributed by atoms with Gasteiger partial charge in [0.15, 0.2) is 0 Å². The first-order valence-corrected chi connectivity index (χ1v) is 10.3. The quantitative estimate of drug-likeness (QED) is 0.412. The third-order valence-electron chi connectivity index (χ3n) is 2.58. The molecule has 1 atom stereocenters. The third kappa shape index (κ3) is 3.88. The molecule has 116 valence electrons. The average molecular weight is 349 g/mol. The van der Waals surface area contributed by atoms with Gasteiger partial charge in [0.2, 0.25) is 0 Å². The molecular weight excluding hydrogens is 332 g/mol. The second kappa shape index (κ2) is 5.75. The topological polar surface area (TPSA) is 180 Å². The van der Waals surface area contributed by atoms with Crippen LogP contribution in [0.1, 0.15) is 5.56 Å². The molecule has 1 aliphatic rings. The van der Waals surface area contributed by atoms with Crippen LogP contribution in [0.5, 0.6) is 0 Å². The first kappa shape index (κ1) is 16.5. The minimum Gasteiger partial charge on any atom is -0.302 e. The number of thioether (sulfide) groups is 1. The number of nitrogens with zero attached hydrogens (tertiary/aromatic N) is 1. The molecule has 0 bridgehead atoms. The lowest BCUT2D eigenvalue weighted by molar-refractivity contribution is 0.456. The van der Waals surface area contributed by atoms with Crippen molar-refractivity contribution >= 4 is 31.9 Å². The summed E-state index contributed by atoms with van der Waals surface area (Å²) in [7, 11) is -7.39. The summed E-state index contributed by atoms with van der Waals surface area (Å²) >= 11 is 1.16. The highest BCUT2D eigenvalue weighted by Crippen LogP contribution is 2.52. The van der Waals surface area contributed by atoms with E-state index >= 15 is 0 Å². The van der Waals surface area contributed by atoms with E-state index in [4.69, 9.17) is 27.8 Å². The molecule has 1 unspecified atom stereocenters. The van der Waals surface area contributed by atoms with Crippen molar-refractivity contribution in [2.45, 2.75) is 5.50 Å². The van der Waals surface area contributed by atoms with Crippen molar-refractivity contribution < 1.29 is 9.13 Å². The van der Waals surface area contributed by atoms with Crippen LogP contribution in [-0.4, -0.2) is 10.2 Å². The van der Waals surface area contributed by atoms with E-state index in [1.54, 1.807) is 12.1 Å². The van der Waals surface area contributed by atoms with E-state index < -0.39 is 20.7 Å². The zero-order valence-electron chi connectivity index (χ0n) is 10.9. The summed E-state index contributed by atoms with van der Waals surface area (Å²) < 4.78 is 24.8. The molecule has 1 aromatic rings. The largest absolute Gasteiger partial charge is 0.303 e. The summed E-state index contributed by atoms with van der Waals surface area (Å²) in [4.78, 5) is 0.565. The molecular formula is C9H17N7O2P2S. The van der Waals surface area contributed by atoms with Gasteiger partial charge in [-0.15, -0.1) is 0 Å². The van der Waals surface area contributed by atoms with Crippen molar-refractivity contribution in [2.24, 2.45) is 27.8 Å². The fraction of sp³-hybridized carbons (Fsp3) is 0.111. The zero-order chi connectivity index (χ0) is 15.8. The van der Waals surface area contributed by atoms with Crippen LogP contribution in [-0.2, 0) is 9.13 Å². The maximum Gasteiger partial charge on any atom is 0.303 e. The molecule has 11 N–H and O–H groups in total. The Morgan fingerprint density at radius 1 is 1.10 bits per heavy atom. The summed E-state index contributed by atoms with van der Waals surface area (Å²) in [6.07, 6.45) is 0. The van der Waals surface area contributed by atoms with Gasteiger partial charge < -0.3 is 5.73 Å². The highest BCUT2D eigenvalue weighted by Gasteiger charge is 2.40. The van der Waals surface area contributed by atoms with Crippen LogP contribution in [0, 0.1) is 0 Å². The first-order valence-electron chi connectivity index (χ1n) is 5.74. The van der Waals surface area contributed by atoms with Crippen molar-refractivity contribution in [1.82, 2.24) is 9.76 Å². The molecule has 1 aromatic carbocycles. The molecule has 0 spiro atoms. The van der Waals surface area contributed by atoms with Crippen molar-refractivity contribution in [3.63, 3.8) is 0 Å². The Balaban J connectivity index is 2.57. The molecule has 12 heteroatoms. The fourth-order valence-corrected chi connectivity index (χ4v) is 5.01. The number of nitrogens with one attached hydrogen (secondary N) is 1. The van der Waals surface area contributed by atoms with E-state index in [1.807, 2.05) is 18.2 Å². The SMILES string of the molecule is NC1SC(c2ccccc2)=C(NP(N)(N)=O)N1P(N)(N)=O. The fourth-order valence-electron chi connectivity index (χ4n) is 1.85. The Morgan fingerprint density at radius 3 is 2.14 bits per heavy atom. The lowest BCUT2D eigenvalue weighted by atomic mass is 10.2. The van der Waals surface area contributed by atoms with Crippen LogP contribution >= 0.6 is 27.0 Å². The molecule has 0 saturated carbocycles. The second-order valence-electron chi connectivity index (χ2n) is 4.39. The maximum atomic E-state index is 12.0. The summed E-state index contributed by atoms with van der Waals surface area (Å²) in [5, 5.41) is 2.44. The second-order valence-corrected chi connectivity index (χ2v) is 8.94. The molecule has 0 radical (unpaired) electrons. The Morgan fingerprint density at radius 2 is 1.67 bits per heavy atom. The van der Waals surface area contributed by atoms with Crippen molar-refractivity contribution in [2.75, 3.05) is 0 Å². The Hall–Kier alpha value is -0.830. The molecule has 0 aromatic heterocycles. The van der Waals surface area contributed by atoms with Crippen LogP contribution < -0.4 is 32.8 Å². The van der Waals surface area contributed by atoms with Gasteiger partial charge in [0.1, 0.15) is 11.3 Å². The van der Waals surface area contributed by atoms with Crippen LogP contribution in [0.15, 0.2) is 36.2 Å². The van der Waals surface area contributed by atoms with Gasteiger partial charge in [-0.3, -0.25) is 40.9 Å². The van der Waals surface area contributed by atoms with Gasteiger partial charge in [0, 0.05) is 0 Å². The zero-order valence-corrected chi connectivity index (χ0v) is 13.5. The Labute approximate surface area is 126 Å². The summed E-state index contributed by atoms with van der Waals surface area (Å²) in [5.41, 5.74) is 27.5. The van der Waals surface area contributed by atoms with Gasteiger partial charge in [-0.2, -0.15) is 0 Å². The molecule has 0 fully saturated rings. The number of hydrogen-bond donors (Lipinski definition) is 6. The summed E-state index contributed by atoms with van der Waals surface area (Å²) in [6.45, 7) is 0. The van der Waals surface area contributed by atoms with Gasteiger partial charge >= 0.3 is 7.59 Å². The van der Waals surface area contributed by atoms with Crippen LogP contribution in [0.25, 0.3) is 4.91 Å². The van der Waals surface area contributed by atoms with Gasteiger partial charge in [-0.25, -0.2) is 0 Å². The lowest BCUT2D eigenvalue weighted by Crippen LogP contribution is -2.41. The van der Waals surface area contributed by atoms with Crippen LogP contribution in [0.4, 0.5) is 0 Å². The molecule has 9 nitrogen and oxygen atoms in total. The van der Waals surface area contributed by atoms with Crippen molar-refractivity contribution in [1.29, 1.82) is 0 Å². The molecule has 0 amide bonds. The molecule has 2 rings (SSSR count). The minimum absolute atomic E-state index is 0.111. The number of nitrogens with two attached hydrogens (primary N) is 5. The average Bonchev–Trinajstić information content (AvgIpc) is 2.64. The number of benzene rings is 1. The van der Waals surface area contributed by atoms with Gasteiger partial charge in [-0.05, 0) is 5.56 Å². The van der Waals surface area contributed by atoms with E-state index in [2.05, 4.69) is 5.09 Å². The standard InChI is InChI=1S/C9H17N7O2P2S/c10-9-16(20(13,14)18)8(15-19(11,12)17)7(21-9)6-4-2-1-3-5-6/h1-5,9H,10H2,(H4,13,14,18)(H5,11,12,15,17). The van der Waals surface area contributed by atoms with E-state index in [9.17, 15) is 9.13 Å². The highest BCUT2D eigenvalue weighted by molar-refractivity contribution is 8.09. The Bertz CT molecular complexity index is 655. The van der Waals surface area contributed by atoms with E-state index in [1.165, 1.54) is 0 Å². The van der Waals surface area contributed by atoms with E-state index in [-0.39, 0.29) is 5.82 Å². The van der Waals surface area contributed by atoms with Crippen molar-refractivity contribution in [3.05, 3.63) is 41.7 Å². The molecule has 1 heterocycles. The van der Waals surface area contributed by atoms with Crippen molar-refractivity contribution in [3.8, 4) is 0 Å². The monoisotopic (exact) mass is 349 g/mol. The Kier molecular flexibility index (Phi) is 4.53. The van der Waals surface area contributed by atoms with E-state index in [0.29, 0.717) is 4.91 Å². The lowest BCUT2D eigenvalue weighted by Gasteiger charge is -2.29. The van der Waals surface area contributed by atoms with Crippen LogP contribution in [0.3, 0.4) is 0 Å². The smallest absolute Gasteiger partial charge is 0.302 e. The van der Waals surface area contributed by atoms with Crippen LogP contribution in [0.2, 0.25) is 0 Å². The predicted octanol–water partition coefficient (Wildman–Crippen LogP) is 0.244. The molecule has 21 heavy (non-hydrogen) atoms. The molecule has 0 aliphatic carbocycles. The van der Waals surface area contributed by atoms with Gasteiger partial charge in [0.25, 0.3) is 7.59 Å². The third-order valence-corrected chi connectivity index (χ3v) is 5.53. The summed E-state index contributed by atoms with van der Waals surface area (Å²) in [5.74, 6) is 0.111. The summed E-state index contributed by atoms with van der Waals surface area (Å²) in [6, 6.07) is 9.06.